The molecule has 7 nitrogen and oxygen atoms in total. The van der Waals surface area contributed by atoms with E-state index in [4.69, 9.17) is 9.84 Å². The van der Waals surface area contributed by atoms with Gasteiger partial charge in [0.05, 0.1) is 36.5 Å². The Bertz CT molecular complexity index is 932. The van der Waals surface area contributed by atoms with Crippen LogP contribution in [0, 0.1) is 5.82 Å². The number of aliphatic hydroxyl groups excluding tert-OH is 2. The fourth-order valence-corrected chi connectivity index (χ4v) is 3.24. The molecule has 0 aliphatic rings. The molecule has 168 valence electrons. The van der Waals surface area contributed by atoms with E-state index >= 15 is 0 Å². The smallest absolute Gasteiger partial charge is 0.340 e. The van der Waals surface area contributed by atoms with Crippen molar-refractivity contribution in [3.63, 3.8) is 0 Å². The fourth-order valence-electron chi connectivity index (χ4n) is 3.24. The number of carboxylic acids is 1. The summed E-state index contributed by atoms with van der Waals surface area (Å²) in [6.45, 7) is 5.78. The summed E-state index contributed by atoms with van der Waals surface area (Å²) in [5.74, 6) is -2.09. The third-order valence-corrected chi connectivity index (χ3v) is 4.65. The summed E-state index contributed by atoms with van der Waals surface area (Å²) in [5, 5.41) is 28.7. The zero-order chi connectivity index (χ0) is 23.1. The van der Waals surface area contributed by atoms with Gasteiger partial charge in [-0.05, 0) is 54.8 Å². The molecular weight excluding hydrogens is 405 g/mol. The van der Waals surface area contributed by atoms with Gasteiger partial charge in [0.1, 0.15) is 5.82 Å². The van der Waals surface area contributed by atoms with E-state index in [1.807, 2.05) is 13.8 Å². The van der Waals surface area contributed by atoms with Gasteiger partial charge in [-0.1, -0.05) is 13.8 Å². The summed E-state index contributed by atoms with van der Waals surface area (Å²) in [6.07, 6.45) is 0.0484. The van der Waals surface area contributed by atoms with Crippen LogP contribution in [-0.2, 0) is 9.53 Å². The normalized spacial score (nSPS) is 13.5. The lowest BCUT2D eigenvalue weighted by Gasteiger charge is -2.14. The molecule has 31 heavy (non-hydrogen) atoms. The van der Waals surface area contributed by atoms with Crippen molar-refractivity contribution >= 4 is 18.1 Å². The molecule has 2 atom stereocenters. The van der Waals surface area contributed by atoms with Crippen molar-refractivity contribution in [2.24, 2.45) is 0 Å². The van der Waals surface area contributed by atoms with Crippen LogP contribution in [0.1, 0.15) is 55.6 Å². The maximum Gasteiger partial charge on any atom is 0.340 e. The first-order valence-electron chi connectivity index (χ1n) is 10.1. The van der Waals surface area contributed by atoms with Crippen molar-refractivity contribution in [3.05, 3.63) is 53.5 Å². The summed E-state index contributed by atoms with van der Waals surface area (Å²) >= 11 is 0. The first kappa shape index (κ1) is 24.3. The second-order valence-electron chi connectivity index (χ2n) is 7.48. The molecule has 0 bridgehead atoms. The lowest BCUT2D eigenvalue weighted by atomic mass is 10.1. The van der Waals surface area contributed by atoms with Gasteiger partial charge in [-0.2, -0.15) is 0 Å². The molecule has 2 aromatic rings. The highest BCUT2D eigenvalue weighted by atomic mass is 19.1. The summed E-state index contributed by atoms with van der Waals surface area (Å²) in [5.41, 5.74) is 2.14. The van der Waals surface area contributed by atoms with Gasteiger partial charge in [-0.25, -0.2) is 9.18 Å². The van der Waals surface area contributed by atoms with E-state index in [2.05, 4.69) is 0 Å². The summed E-state index contributed by atoms with van der Waals surface area (Å²) in [7, 11) is 0. The number of aliphatic carboxylic acids is 1. The van der Waals surface area contributed by atoms with Crippen LogP contribution in [0.4, 0.5) is 4.39 Å². The van der Waals surface area contributed by atoms with E-state index < -0.39 is 36.4 Å². The highest BCUT2D eigenvalue weighted by molar-refractivity contribution is 5.97. The average molecular weight is 433 g/mol. The second-order valence-corrected chi connectivity index (χ2v) is 7.48. The third kappa shape index (κ3) is 6.50. The molecule has 1 aromatic carbocycles. The molecule has 1 aromatic heterocycles. The number of halogens is 1. The molecule has 0 saturated carbocycles. The number of carbonyl (C=O) groups excluding carboxylic acids is 1. The van der Waals surface area contributed by atoms with Crippen molar-refractivity contribution in [1.82, 2.24) is 4.57 Å². The quantitative estimate of drug-likeness (QED) is 0.494. The Labute approximate surface area is 180 Å². The van der Waals surface area contributed by atoms with Crippen molar-refractivity contribution < 1.29 is 34.0 Å². The number of rotatable bonds is 10. The van der Waals surface area contributed by atoms with E-state index in [9.17, 15) is 24.2 Å². The first-order chi connectivity index (χ1) is 14.6. The highest BCUT2D eigenvalue weighted by Crippen LogP contribution is 2.32. The molecule has 0 fully saturated rings. The van der Waals surface area contributed by atoms with E-state index in [1.54, 1.807) is 35.9 Å². The second kappa shape index (κ2) is 10.9. The molecule has 0 saturated heterocycles. The monoisotopic (exact) mass is 433 g/mol. The van der Waals surface area contributed by atoms with Crippen molar-refractivity contribution in [3.8, 4) is 11.3 Å². The van der Waals surface area contributed by atoms with Gasteiger partial charge in [-0.3, -0.25) is 4.79 Å². The molecule has 0 aliphatic carbocycles. The topological polar surface area (TPSA) is 109 Å². The molecule has 8 heteroatoms. The van der Waals surface area contributed by atoms with Gasteiger partial charge < -0.3 is 24.6 Å². The molecule has 3 N–H and O–H groups in total. The Morgan fingerprint density at radius 3 is 2.39 bits per heavy atom. The maximum absolute atomic E-state index is 13.5. The number of carboxylic acid groups (broad SMARTS) is 1. The van der Waals surface area contributed by atoms with Crippen molar-refractivity contribution in [1.29, 1.82) is 0 Å². The van der Waals surface area contributed by atoms with Crippen LogP contribution in [0.25, 0.3) is 17.5 Å². The predicted octanol–water partition coefficient (Wildman–Crippen LogP) is 3.65. The Morgan fingerprint density at radius 1 is 1.19 bits per heavy atom. The predicted molar refractivity (Wildman–Crippen MR) is 114 cm³/mol. The van der Waals surface area contributed by atoms with Gasteiger partial charge in [0.2, 0.25) is 0 Å². The Morgan fingerprint density at radius 2 is 1.84 bits per heavy atom. The maximum atomic E-state index is 13.5. The average Bonchev–Trinajstić information content (AvgIpc) is 3.06. The van der Waals surface area contributed by atoms with E-state index in [-0.39, 0.29) is 18.9 Å². The van der Waals surface area contributed by atoms with Crippen LogP contribution >= 0.6 is 0 Å². The third-order valence-electron chi connectivity index (χ3n) is 4.65. The number of esters is 1. The molecular formula is C23H28FNO6. The van der Waals surface area contributed by atoms with Gasteiger partial charge in [0.25, 0.3) is 0 Å². The van der Waals surface area contributed by atoms with E-state index in [0.29, 0.717) is 16.8 Å². The molecule has 0 amide bonds. The van der Waals surface area contributed by atoms with Crippen molar-refractivity contribution in [2.75, 3.05) is 6.61 Å². The Balaban J connectivity index is 2.51. The molecule has 2 rings (SSSR count). The number of carbonyl (C=O) groups is 2. The zero-order valence-corrected chi connectivity index (χ0v) is 17.8. The number of hydrogen-bond donors (Lipinski definition) is 3. The molecule has 0 radical (unpaired) electrons. The molecule has 0 aliphatic heterocycles. The lowest BCUT2D eigenvalue weighted by Crippen LogP contribution is -2.19. The summed E-state index contributed by atoms with van der Waals surface area (Å²) in [6, 6.07) is 7.38. The fraction of sp³-hybridized carbons (Fsp3) is 0.391. The Kier molecular flexibility index (Phi) is 8.53. The molecule has 0 unspecified atom stereocenters. The number of benzene rings is 1. The van der Waals surface area contributed by atoms with Gasteiger partial charge in [0.15, 0.2) is 0 Å². The zero-order valence-electron chi connectivity index (χ0n) is 17.8. The summed E-state index contributed by atoms with van der Waals surface area (Å²) < 4.78 is 20.4. The Hall–Kier alpha value is -2.97. The number of hydrogen-bond acceptors (Lipinski definition) is 5. The van der Waals surface area contributed by atoms with E-state index in [1.165, 1.54) is 18.2 Å². The number of nitrogens with zero attached hydrogens (tertiary/aromatic N) is 1. The van der Waals surface area contributed by atoms with Crippen LogP contribution < -0.4 is 0 Å². The SMILES string of the molecule is CCOC(=O)c1cc(C(C)C)n(/C=C/[C@@H](O)C[C@@H](O)CC(=O)O)c1-c1ccc(F)cc1. The minimum atomic E-state index is -1.20. The number of aromatic nitrogens is 1. The number of ether oxygens (including phenoxy) is 1. The van der Waals surface area contributed by atoms with Crippen LogP contribution in [0.5, 0.6) is 0 Å². The van der Waals surface area contributed by atoms with Crippen LogP contribution in [0.2, 0.25) is 0 Å². The standard InChI is InChI=1S/C23H28FNO6/c1-4-31-23(30)19-13-20(14(2)3)25(22(19)15-5-7-16(24)8-6-15)10-9-17(26)11-18(27)12-21(28)29/h5-10,13-14,17-18,26-27H,4,11-12H2,1-3H3,(H,28,29)/b10-9+/t17-,18-/m1/s1. The van der Waals surface area contributed by atoms with E-state index in [0.717, 1.165) is 5.69 Å². The van der Waals surface area contributed by atoms with Crippen LogP contribution in [-0.4, -0.2) is 50.6 Å². The van der Waals surface area contributed by atoms with Gasteiger partial charge >= 0.3 is 11.9 Å². The largest absolute Gasteiger partial charge is 0.481 e. The minimum Gasteiger partial charge on any atom is -0.481 e. The lowest BCUT2D eigenvalue weighted by molar-refractivity contribution is -0.139. The van der Waals surface area contributed by atoms with Gasteiger partial charge in [0, 0.05) is 18.3 Å². The first-order valence-corrected chi connectivity index (χ1v) is 10.1. The number of aliphatic hydroxyl groups is 2. The molecule has 0 spiro atoms. The van der Waals surface area contributed by atoms with Crippen molar-refractivity contribution in [2.45, 2.75) is 51.7 Å². The van der Waals surface area contributed by atoms with Crippen LogP contribution in [0.3, 0.4) is 0 Å². The van der Waals surface area contributed by atoms with Gasteiger partial charge in [-0.15, -0.1) is 0 Å². The highest BCUT2D eigenvalue weighted by Gasteiger charge is 2.23. The minimum absolute atomic E-state index is 0.00164. The summed E-state index contributed by atoms with van der Waals surface area (Å²) in [4.78, 5) is 23.3. The van der Waals surface area contributed by atoms with Crippen LogP contribution in [0.15, 0.2) is 36.4 Å². The molecule has 1 heterocycles.